The fourth-order valence-electron chi connectivity index (χ4n) is 2.61. The monoisotopic (exact) mass is 348 g/mol. The van der Waals surface area contributed by atoms with E-state index in [1.807, 2.05) is 11.8 Å². The molecule has 2 nitrogen and oxygen atoms in total. The normalized spacial score (nSPS) is 14.0. The first kappa shape index (κ1) is 22.2. The van der Waals surface area contributed by atoms with E-state index in [-0.39, 0.29) is 11.7 Å². The van der Waals surface area contributed by atoms with Gasteiger partial charge in [0.25, 0.3) is 0 Å². The van der Waals surface area contributed by atoms with E-state index in [4.69, 9.17) is 5.11 Å². The zero-order valence-electron chi connectivity index (χ0n) is 14.6. The molecule has 0 aliphatic carbocycles. The topological polar surface area (TPSA) is 37.3 Å². The molecule has 0 rings (SSSR count). The van der Waals surface area contributed by atoms with Gasteiger partial charge in [0.15, 0.2) is 0 Å². The van der Waals surface area contributed by atoms with Crippen LogP contribution in [0.15, 0.2) is 0 Å². The van der Waals surface area contributed by atoms with Crippen molar-refractivity contribution in [3.05, 3.63) is 0 Å². The Hall–Kier alpha value is 0.170. The largest absolute Gasteiger partial charge is 0.481 e. The van der Waals surface area contributed by atoms with E-state index in [0.29, 0.717) is 5.25 Å². The first-order valence-corrected chi connectivity index (χ1v) is 10.6. The van der Waals surface area contributed by atoms with Crippen LogP contribution in [0.4, 0.5) is 0 Å². The second-order valence-electron chi connectivity index (χ2n) is 6.35. The summed E-state index contributed by atoms with van der Waals surface area (Å²) >= 11 is 6.31. The molecule has 2 unspecified atom stereocenters. The van der Waals surface area contributed by atoms with Crippen molar-refractivity contribution in [3.63, 3.8) is 0 Å². The average Bonchev–Trinajstić information content (AvgIpc) is 2.43. The number of aliphatic carboxylic acids is 1. The fourth-order valence-corrected chi connectivity index (χ4v) is 4.37. The third-order valence-electron chi connectivity index (χ3n) is 3.91. The minimum Gasteiger partial charge on any atom is -0.481 e. The predicted molar refractivity (Wildman–Crippen MR) is 103 cm³/mol. The molecule has 0 aromatic carbocycles. The number of thioether (sulfide) groups is 1. The lowest BCUT2D eigenvalue weighted by molar-refractivity contribution is -0.136. The van der Waals surface area contributed by atoms with E-state index in [0.717, 1.165) is 6.42 Å². The number of carboxylic acid groups (broad SMARTS) is 1. The zero-order chi connectivity index (χ0) is 16.6. The van der Waals surface area contributed by atoms with Crippen LogP contribution < -0.4 is 0 Å². The summed E-state index contributed by atoms with van der Waals surface area (Å²) in [7, 11) is 0. The minimum absolute atomic E-state index is 0.00675. The quantitative estimate of drug-likeness (QED) is 0.258. The highest BCUT2D eigenvalue weighted by Crippen LogP contribution is 2.21. The molecule has 0 heterocycles. The van der Waals surface area contributed by atoms with Gasteiger partial charge in [0.2, 0.25) is 0 Å². The third-order valence-corrected chi connectivity index (χ3v) is 5.59. The van der Waals surface area contributed by atoms with Crippen molar-refractivity contribution in [2.75, 3.05) is 5.75 Å². The molecule has 0 bridgehead atoms. The van der Waals surface area contributed by atoms with Gasteiger partial charge >= 0.3 is 5.97 Å². The molecule has 0 saturated carbocycles. The highest BCUT2D eigenvalue weighted by molar-refractivity contribution is 7.99. The predicted octanol–water partition coefficient (Wildman–Crippen LogP) is 6.19. The van der Waals surface area contributed by atoms with Gasteiger partial charge in [-0.3, -0.25) is 4.79 Å². The summed E-state index contributed by atoms with van der Waals surface area (Å²) in [5.74, 6) is 0.456. The molecular weight excluding hydrogens is 312 g/mol. The van der Waals surface area contributed by atoms with Crippen LogP contribution in [0.2, 0.25) is 0 Å². The van der Waals surface area contributed by atoms with E-state index in [1.165, 1.54) is 70.0 Å². The number of carbonyl (C=O) groups is 1. The molecule has 0 aliphatic heterocycles. The lowest BCUT2D eigenvalue weighted by Gasteiger charge is -2.14. The number of thiol groups is 1. The van der Waals surface area contributed by atoms with E-state index in [9.17, 15) is 4.79 Å². The van der Waals surface area contributed by atoms with E-state index < -0.39 is 5.97 Å². The summed E-state index contributed by atoms with van der Waals surface area (Å²) in [6.07, 6.45) is 14.8. The van der Waals surface area contributed by atoms with E-state index in [2.05, 4.69) is 26.5 Å². The Kier molecular flexibility index (Phi) is 16.2. The van der Waals surface area contributed by atoms with Gasteiger partial charge in [0.1, 0.15) is 0 Å². The van der Waals surface area contributed by atoms with Crippen molar-refractivity contribution in [1.82, 2.24) is 0 Å². The van der Waals surface area contributed by atoms with Gasteiger partial charge in [-0.15, -0.1) is 0 Å². The summed E-state index contributed by atoms with van der Waals surface area (Å²) < 4.78 is 0. The first-order chi connectivity index (χ1) is 10.6. The summed E-state index contributed by atoms with van der Waals surface area (Å²) in [4.78, 5) is 10.6. The summed E-state index contributed by atoms with van der Waals surface area (Å²) in [5.41, 5.74) is 0. The van der Waals surface area contributed by atoms with Crippen LogP contribution in [-0.4, -0.2) is 27.3 Å². The lowest BCUT2D eigenvalue weighted by atomic mass is 10.1. The van der Waals surface area contributed by atoms with Crippen LogP contribution in [0, 0.1) is 0 Å². The third kappa shape index (κ3) is 16.5. The van der Waals surface area contributed by atoms with Gasteiger partial charge in [-0.1, -0.05) is 71.6 Å². The molecule has 0 spiro atoms. The molecule has 0 aromatic rings. The smallest absolute Gasteiger partial charge is 0.304 e. The number of carboxylic acids is 1. The number of rotatable bonds is 16. The maximum absolute atomic E-state index is 10.6. The fraction of sp³-hybridized carbons (Fsp3) is 0.944. The van der Waals surface area contributed by atoms with Crippen LogP contribution in [0.5, 0.6) is 0 Å². The lowest BCUT2D eigenvalue weighted by Crippen LogP contribution is -2.12. The molecule has 22 heavy (non-hydrogen) atoms. The molecule has 0 radical (unpaired) electrons. The molecule has 0 saturated heterocycles. The Bertz CT molecular complexity index is 259. The molecule has 2 atom stereocenters. The molecule has 132 valence electrons. The Morgan fingerprint density at radius 3 is 2.00 bits per heavy atom. The molecule has 0 amide bonds. The molecular formula is C18H36O2S2. The molecule has 0 aliphatic rings. The second kappa shape index (κ2) is 16.0. The van der Waals surface area contributed by atoms with Gasteiger partial charge in [-0.05, 0) is 18.6 Å². The van der Waals surface area contributed by atoms with Crippen molar-refractivity contribution in [3.8, 4) is 0 Å². The van der Waals surface area contributed by atoms with Crippen molar-refractivity contribution >= 4 is 30.4 Å². The van der Waals surface area contributed by atoms with Gasteiger partial charge in [-0.25, -0.2) is 0 Å². The van der Waals surface area contributed by atoms with Crippen LogP contribution in [-0.2, 0) is 4.79 Å². The Morgan fingerprint density at radius 2 is 1.50 bits per heavy atom. The maximum atomic E-state index is 10.6. The Morgan fingerprint density at radius 1 is 1.00 bits per heavy atom. The number of hydrogen-bond acceptors (Lipinski definition) is 3. The van der Waals surface area contributed by atoms with Crippen LogP contribution in [0.1, 0.15) is 90.9 Å². The molecule has 1 N–H and O–H groups in total. The van der Waals surface area contributed by atoms with Crippen molar-refractivity contribution in [2.45, 2.75) is 101 Å². The number of hydrogen-bond donors (Lipinski definition) is 2. The Balaban J connectivity index is 3.26. The van der Waals surface area contributed by atoms with Crippen molar-refractivity contribution in [1.29, 1.82) is 0 Å². The highest BCUT2D eigenvalue weighted by atomic mass is 32.2. The van der Waals surface area contributed by atoms with Gasteiger partial charge in [0.05, 0.1) is 6.42 Å². The summed E-state index contributed by atoms with van der Waals surface area (Å²) in [6.45, 7) is 4.45. The van der Waals surface area contributed by atoms with E-state index >= 15 is 0 Å². The first-order valence-electron chi connectivity index (χ1n) is 9.07. The highest BCUT2D eigenvalue weighted by Gasteiger charge is 2.12. The van der Waals surface area contributed by atoms with Crippen LogP contribution in [0.3, 0.4) is 0 Å². The number of unbranched alkanes of at least 4 members (excludes halogenated alkanes) is 9. The molecule has 0 fully saturated rings. The average molecular weight is 349 g/mol. The van der Waals surface area contributed by atoms with Crippen molar-refractivity contribution < 1.29 is 9.90 Å². The second-order valence-corrected chi connectivity index (χ2v) is 8.63. The molecule has 0 aromatic heterocycles. The maximum Gasteiger partial charge on any atom is 0.304 e. The van der Waals surface area contributed by atoms with Crippen molar-refractivity contribution in [2.24, 2.45) is 0 Å². The SMILES string of the molecule is CCCCCCCCCCCCSC(C)CC(S)CC(=O)O. The van der Waals surface area contributed by atoms with Gasteiger partial charge < -0.3 is 5.11 Å². The summed E-state index contributed by atoms with van der Waals surface area (Å²) in [6, 6.07) is 0. The standard InChI is InChI=1S/C18H36O2S2/c1-3-4-5-6-7-8-9-10-11-12-13-22-16(2)14-17(21)15-18(19)20/h16-17,21H,3-15H2,1-2H3,(H,19,20). The Labute approximate surface area is 147 Å². The van der Waals surface area contributed by atoms with E-state index in [1.54, 1.807) is 0 Å². The van der Waals surface area contributed by atoms with Crippen LogP contribution in [0.25, 0.3) is 0 Å². The minimum atomic E-state index is -0.744. The van der Waals surface area contributed by atoms with Gasteiger partial charge in [0, 0.05) is 10.5 Å². The van der Waals surface area contributed by atoms with Gasteiger partial charge in [-0.2, -0.15) is 24.4 Å². The summed E-state index contributed by atoms with van der Waals surface area (Å²) in [5, 5.41) is 9.23. The van der Waals surface area contributed by atoms with Crippen LogP contribution >= 0.6 is 24.4 Å². The molecule has 4 heteroatoms. The zero-order valence-corrected chi connectivity index (χ0v) is 16.3.